The molecule has 0 aliphatic heterocycles. The van der Waals surface area contributed by atoms with Gasteiger partial charge in [0.1, 0.15) is 17.3 Å². The average molecular weight is 311 g/mol. The van der Waals surface area contributed by atoms with Crippen molar-refractivity contribution in [2.75, 3.05) is 11.9 Å². The van der Waals surface area contributed by atoms with Crippen LogP contribution in [-0.2, 0) is 0 Å². The first-order valence-electron chi connectivity index (χ1n) is 5.59. The van der Waals surface area contributed by atoms with Gasteiger partial charge in [0.2, 0.25) is 0 Å². The molecule has 2 aromatic rings. The fraction of sp³-hybridized carbons (Fsp3) is 0.250. The fourth-order valence-corrected chi connectivity index (χ4v) is 1.70. The first-order valence-corrected chi connectivity index (χ1v) is 6.38. The van der Waals surface area contributed by atoms with E-state index in [0.717, 1.165) is 23.6 Å². The third-order valence-electron chi connectivity index (χ3n) is 2.24. The van der Waals surface area contributed by atoms with Crippen LogP contribution in [0.4, 0.5) is 10.2 Å². The molecular weight excluding hydrogens is 299 g/mol. The van der Waals surface area contributed by atoms with Gasteiger partial charge in [0.25, 0.3) is 0 Å². The maximum atomic E-state index is 12.8. The van der Waals surface area contributed by atoms with Gasteiger partial charge in [0.05, 0.1) is 10.7 Å². The van der Waals surface area contributed by atoms with Crippen molar-refractivity contribution in [1.29, 1.82) is 0 Å². The molecule has 0 spiro atoms. The van der Waals surface area contributed by atoms with E-state index in [4.69, 9.17) is 0 Å². The number of nitrogens with zero attached hydrogens (tertiary/aromatic N) is 3. The van der Waals surface area contributed by atoms with E-state index in [1.807, 2.05) is 0 Å². The molecule has 0 radical (unpaired) electrons. The topological polar surface area (TPSA) is 50.7 Å². The molecular formula is C12H12BrFN4. The van der Waals surface area contributed by atoms with Crippen LogP contribution in [0.15, 0.2) is 29.0 Å². The lowest BCUT2D eigenvalue weighted by Gasteiger charge is -2.07. The molecule has 0 amide bonds. The average Bonchev–Trinajstić information content (AvgIpc) is 2.39. The van der Waals surface area contributed by atoms with Crippen molar-refractivity contribution in [3.63, 3.8) is 0 Å². The minimum Gasteiger partial charge on any atom is -0.369 e. The summed E-state index contributed by atoms with van der Waals surface area (Å²) in [5, 5.41) is 3.18. The highest BCUT2D eigenvalue weighted by Crippen LogP contribution is 2.22. The van der Waals surface area contributed by atoms with E-state index in [1.54, 1.807) is 12.3 Å². The molecule has 2 heterocycles. The minimum atomic E-state index is -0.375. The van der Waals surface area contributed by atoms with E-state index in [-0.39, 0.29) is 5.82 Å². The van der Waals surface area contributed by atoms with Crippen LogP contribution in [0.5, 0.6) is 0 Å². The van der Waals surface area contributed by atoms with Crippen LogP contribution in [0.3, 0.4) is 0 Å². The van der Waals surface area contributed by atoms with Crippen molar-refractivity contribution in [3.05, 3.63) is 34.8 Å². The molecule has 94 valence electrons. The Kier molecular flexibility index (Phi) is 4.19. The number of hydrogen-bond acceptors (Lipinski definition) is 4. The van der Waals surface area contributed by atoms with Gasteiger partial charge in [-0.2, -0.15) is 0 Å². The van der Waals surface area contributed by atoms with E-state index in [1.165, 1.54) is 6.07 Å². The third kappa shape index (κ3) is 3.01. The van der Waals surface area contributed by atoms with Crippen LogP contribution >= 0.6 is 15.9 Å². The molecule has 6 heteroatoms. The van der Waals surface area contributed by atoms with E-state index in [0.29, 0.717) is 17.3 Å². The van der Waals surface area contributed by atoms with Crippen LogP contribution in [-0.4, -0.2) is 21.5 Å². The summed E-state index contributed by atoms with van der Waals surface area (Å²) >= 11 is 3.38. The van der Waals surface area contributed by atoms with Gasteiger partial charge in [-0.3, -0.25) is 0 Å². The number of pyridine rings is 1. The minimum absolute atomic E-state index is 0.375. The summed E-state index contributed by atoms with van der Waals surface area (Å²) in [4.78, 5) is 12.5. The SMILES string of the molecule is CCCNc1nc(-c2ccc(F)cn2)ncc1Br. The van der Waals surface area contributed by atoms with Gasteiger partial charge >= 0.3 is 0 Å². The number of rotatable bonds is 4. The summed E-state index contributed by atoms with van der Waals surface area (Å²) in [6, 6.07) is 2.90. The van der Waals surface area contributed by atoms with Crippen LogP contribution in [0.1, 0.15) is 13.3 Å². The van der Waals surface area contributed by atoms with Crippen molar-refractivity contribution < 1.29 is 4.39 Å². The summed E-state index contributed by atoms with van der Waals surface area (Å²) in [7, 11) is 0. The van der Waals surface area contributed by atoms with E-state index in [2.05, 4.69) is 43.1 Å². The molecule has 0 aliphatic rings. The number of anilines is 1. The Bertz CT molecular complexity index is 530. The van der Waals surface area contributed by atoms with Gasteiger partial charge in [-0.1, -0.05) is 6.92 Å². The molecule has 0 saturated carbocycles. The van der Waals surface area contributed by atoms with Gasteiger partial charge in [-0.05, 0) is 34.5 Å². The highest BCUT2D eigenvalue weighted by Gasteiger charge is 2.07. The van der Waals surface area contributed by atoms with Gasteiger partial charge in [0.15, 0.2) is 5.82 Å². The predicted octanol–water partition coefficient (Wildman–Crippen LogP) is 3.26. The normalized spacial score (nSPS) is 10.4. The Morgan fingerprint density at radius 3 is 2.78 bits per heavy atom. The Morgan fingerprint density at radius 1 is 1.28 bits per heavy atom. The van der Waals surface area contributed by atoms with Crippen LogP contribution < -0.4 is 5.32 Å². The predicted molar refractivity (Wildman–Crippen MR) is 71.7 cm³/mol. The van der Waals surface area contributed by atoms with Crippen molar-refractivity contribution in [2.45, 2.75) is 13.3 Å². The zero-order chi connectivity index (χ0) is 13.0. The maximum Gasteiger partial charge on any atom is 0.180 e. The standard InChI is InChI=1S/C12H12BrFN4/c1-2-5-15-11-9(13)7-17-12(18-11)10-4-3-8(14)6-16-10/h3-4,6-7H,2,5H2,1H3,(H,15,17,18). The second-order valence-corrected chi connectivity index (χ2v) is 4.53. The number of halogens is 2. The van der Waals surface area contributed by atoms with Crippen LogP contribution in [0.25, 0.3) is 11.5 Å². The van der Waals surface area contributed by atoms with E-state index >= 15 is 0 Å². The first-order chi connectivity index (χ1) is 8.70. The lowest BCUT2D eigenvalue weighted by Crippen LogP contribution is -2.04. The summed E-state index contributed by atoms with van der Waals surface area (Å²) in [5.74, 6) is 0.810. The van der Waals surface area contributed by atoms with Crippen molar-refractivity contribution >= 4 is 21.7 Å². The van der Waals surface area contributed by atoms with E-state index < -0.39 is 0 Å². The number of hydrogen-bond donors (Lipinski definition) is 1. The van der Waals surface area contributed by atoms with Crippen LogP contribution in [0, 0.1) is 5.82 Å². The molecule has 0 saturated heterocycles. The highest BCUT2D eigenvalue weighted by atomic mass is 79.9. The second kappa shape index (κ2) is 5.86. The Morgan fingerprint density at radius 2 is 2.11 bits per heavy atom. The smallest absolute Gasteiger partial charge is 0.180 e. The molecule has 18 heavy (non-hydrogen) atoms. The lowest BCUT2D eigenvalue weighted by molar-refractivity contribution is 0.621. The molecule has 0 bridgehead atoms. The molecule has 0 aromatic carbocycles. The van der Waals surface area contributed by atoms with Crippen LogP contribution in [0.2, 0.25) is 0 Å². The molecule has 2 aromatic heterocycles. The lowest BCUT2D eigenvalue weighted by atomic mass is 10.3. The maximum absolute atomic E-state index is 12.8. The van der Waals surface area contributed by atoms with E-state index in [9.17, 15) is 4.39 Å². The zero-order valence-corrected chi connectivity index (χ0v) is 11.4. The Balaban J connectivity index is 2.31. The summed E-state index contributed by atoms with van der Waals surface area (Å²) in [6.45, 7) is 2.90. The quantitative estimate of drug-likeness (QED) is 0.941. The first kappa shape index (κ1) is 12.9. The third-order valence-corrected chi connectivity index (χ3v) is 2.82. The van der Waals surface area contributed by atoms with Gasteiger partial charge in [-0.15, -0.1) is 0 Å². The van der Waals surface area contributed by atoms with Crippen molar-refractivity contribution in [3.8, 4) is 11.5 Å². The Hall–Kier alpha value is -1.56. The summed E-state index contributed by atoms with van der Waals surface area (Å²) < 4.78 is 13.6. The fourth-order valence-electron chi connectivity index (χ4n) is 1.37. The second-order valence-electron chi connectivity index (χ2n) is 3.68. The molecule has 4 nitrogen and oxygen atoms in total. The molecule has 0 aliphatic carbocycles. The number of nitrogens with one attached hydrogen (secondary N) is 1. The molecule has 0 fully saturated rings. The highest BCUT2D eigenvalue weighted by molar-refractivity contribution is 9.10. The van der Waals surface area contributed by atoms with Crippen molar-refractivity contribution in [1.82, 2.24) is 15.0 Å². The molecule has 2 rings (SSSR count). The summed E-state index contributed by atoms with van der Waals surface area (Å²) in [5.41, 5.74) is 0.545. The molecule has 0 atom stereocenters. The Labute approximate surface area is 113 Å². The zero-order valence-electron chi connectivity index (χ0n) is 9.82. The number of aromatic nitrogens is 3. The van der Waals surface area contributed by atoms with Gasteiger partial charge in [0, 0.05) is 12.7 Å². The van der Waals surface area contributed by atoms with Crippen molar-refractivity contribution in [2.24, 2.45) is 0 Å². The van der Waals surface area contributed by atoms with Gasteiger partial charge < -0.3 is 5.32 Å². The van der Waals surface area contributed by atoms with Gasteiger partial charge in [-0.25, -0.2) is 19.3 Å². The summed E-state index contributed by atoms with van der Waals surface area (Å²) in [6.07, 6.45) is 3.81. The molecule has 1 N–H and O–H groups in total. The monoisotopic (exact) mass is 310 g/mol. The largest absolute Gasteiger partial charge is 0.369 e. The molecule has 0 unspecified atom stereocenters.